The molecule has 1 N–H and O–H groups in total. The molecule has 0 atom stereocenters. The minimum absolute atomic E-state index is 0.118. The van der Waals surface area contributed by atoms with E-state index in [1.54, 1.807) is 0 Å². The molecular weight excluding hydrogens is 258 g/mol. The molecule has 0 amide bonds. The monoisotopic (exact) mass is 295 g/mol. The Morgan fingerprint density at radius 2 is 1.67 bits per heavy atom. The highest BCUT2D eigenvalue weighted by Gasteiger charge is 2.39. The lowest BCUT2D eigenvalue weighted by Gasteiger charge is -2.43. The third kappa shape index (κ3) is 5.56. The van der Waals surface area contributed by atoms with Gasteiger partial charge in [0.2, 0.25) is 0 Å². The van der Waals surface area contributed by atoms with E-state index in [-0.39, 0.29) is 11.1 Å². The highest BCUT2D eigenvalue weighted by molar-refractivity contribution is 4.92. The molecule has 2 rings (SSSR count). The Hall–Kier alpha value is -0.0800. The summed E-state index contributed by atoms with van der Waals surface area (Å²) < 4.78 is 6.70. The molecule has 2 aliphatic rings. The molecular formula is C19H37NO. The molecule has 0 aliphatic heterocycles. The van der Waals surface area contributed by atoms with Gasteiger partial charge in [-0.05, 0) is 65.2 Å². The SMILES string of the molecule is CCCC1CCC(CNC(C)(C)C)(OC2CCCC2)CC1. The fraction of sp³-hybridized carbons (Fsp3) is 1.00. The molecule has 2 saturated carbocycles. The minimum atomic E-state index is 0.118. The van der Waals surface area contributed by atoms with Crippen molar-refractivity contribution in [2.75, 3.05) is 6.54 Å². The van der Waals surface area contributed by atoms with Crippen molar-refractivity contribution in [1.82, 2.24) is 5.32 Å². The molecule has 0 spiro atoms. The topological polar surface area (TPSA) is 21.3 Å². The third-order valence-electron chi connectivity index (χ3n) is 5.37. The maximum Gasteiger partial charge on any atom is 0.0810 e. The van der Waals surface area contributed by atoms with E-state index in [0.29, 0.717) is 6.10 Å². The highest BCUT2D eigenvalue weighted by atomic mass is 16.5. The Balaban J connectivity index is 1.93. The van der Waals surface area contributed by atoms with Gasteiger partial charge in [-0.3, -0.25) is 0 Å². The number of rotatable bonds is 6. The number of hydrogen-bond acceptors (Lipinski definition) is 2. The zero-order valence-corrected chi connectivity index (χ0v) is 14.8. The van der Waals surface area contributed by atoms with Crippen LogP contribution in [0.5, 0.6) is 0 Å². The van der Waals surface area contributed by atoms with E-state index in [0.717, 1.165) is 12.5 Å². The summed E-state index contributed by atoms with van der Waals surface area (Å²) in [4.78, 5) is 0. The molecule has 0 unspecified atom stereocenters. The quantitative estimate of drug-likeness (QED) is 0.739. The van der Waals surface area contributed by atoms with Crippen LogP contribution >= 0.6 is 0 Å². The molecule has 0 bridgehead atoms. The van der Waals surface area contributed by atoms with E-state index in [9.17, 15) is 0 Å². The molecule has 2 nitrogen and oxygen atoms in total. The van der Waals surface area contributed by atoms with Crippen LogP contribution in [0.25, 0.3) is 0 Å². The van der Waals surface area contributed by atoms with Gasteiger partial charge in [0.25, 0.3) is 0 Å². The Morgan fingerprint density at radius 1 is 1.05 bits per heavy atom. The van der Waals surface area contributed by atoms with Gasteiger partial charge in [-0.15, -0.1) is 0 Å². The average Bonchev–Trinajstić information content (AvgIpc) is 2.92. The van der Waals surface area contributed by atoms with Crippen LogP contribution in [-0.2, 0) is 4.74 Å². The normalized spacial score (nSPS) is 31.7. The van der Waals surface area contributed by atoms with Crippen molar-refractivity contribution in [2.45, 2.75) is 109 Å². The van der Waals surface area contributed by atoms with Gasteiger partial charge in [-0.2, -0.15) is 0 Å². The van der Waals surface area contributed by atoms with Crippen LogP contribution in [0.1, 0.15) is 91.9 Å². The van der Waals surface area contributed by atoms with E-state index in [2.05, 4.69) is 33.0 Å². The zero-order chi connectivity index (χ0) is 15.3. The van der Waals surface area contributed by atoms with Gasteiger partial charge in [0.1, 0.15) is 0 Å². The van der Waals surface area contributed by atoms with E-state index < -0.39 is 0 Å². The van der Waals surface area contributed by atoms with E-state index >= 15 is 0 Å². The van der Waals surface area contributed by atoms with Gasteiger partial charge in [0.15, 0.2) is 0 Å². The Kier molecular flexibility index (Phi) is 6.14. The summed E-state index contributed by atoms with van der Waals surface area (Å²) in [5.74, 6) is 0.949. The predicted molar refractivity (Wildman–Crippen MR) is 90.7 cm³/mol. The van der Waals surface area contributed by atoms with Crippen molar-refractivity contribution in [3.8, 4) is 0 Å². The summed E-state index contributed by atoms with van der Waals surface area (Å²) in [5, 5.41) is 3.73. The lowest BCUT2D eigenvalue weighted by atomic mass is 9.76. The maximum absolute atomic E-state index is 6.70. The summed E-state index contributed by atoms with van der Waals surface area (Å²) in [7, 11) is 0. The second kappa shape index (κ2) is 7.46. The second-order valence-electron chi connectivity index (χ2n) is 8.54. The van der Waals surface area contributed by atoms with Crippen LogP contribution in [0.4, 0.5) is 0 Å². The standard InChI is InChI=1S/C19H37NO/c1-5-8-16-11-13-19(14-12-16,15-20-18(2,3)4)21-17-9-6-7-10-17/h16-17,20H,5-15H2,1-4H3. The van der Waals surface area contributed by atoms with Gasteiger partial charge in [0, 0.05) is 12.1 Å². The van der Waals surface area contributed by atoms with Crippen LogP contribution in [0, 0.1) is 5.92 Å². The summed E-state index contributed by atoms with van der Waals surface area (Å²) in [6, 6.07) is 0. The van der Waals surface area contributed by atoms with Crippen LogP contribution in [0.15, 0.2) is 0 Å². The van der Waals surface area contributed by atoms with Crippen LogP contribution in [0.2, 0.25) is 0 Å². The van der Waals surface area contributed by atoms with Crippen molar-refractivity contribution in [3.05, 3.63) is 0 Å². The molecule has 21 heavy (non-hydrogen) atoms. The van der Waals surface area contributed by atoms with Gasteiger partial charge < -0.3 is 10.1 Å². The van der Waals surface area contributed by atoms with Crippen LogP contribution < -0.4 is 5.32 Å². The first kappa shape index (κ1) is 17.3. The fourth-order valence-electron chi connectivity index (χ4n) is 4.02. The summed E-state index contributed by atoms with van der Waals surface area (Å²) in [6.07, 6.45) is 13.8. The zero-order valence-electron chi connectivity index (χ0n) is 14.8. The lowest BCUT2D eigenvalue weighted by molar-refractivity contribution is -0.117. The fourth-order valence-corrected chi connectivity index (χ4v) is 4.02. The van der Waals surface area contributed by atoms with E-state index in [1.807, 2.05) is 0 Å². The smallest absolute Gasteiger partial charge is 0.0810 e. The summed E-state index contributed by atoms with van der Waals surface area (Å²) >= 11 is 0. The van der Waals surface area contributed by atoms with Crippen molar-refractivity contribution in [1.29, 1.82) is 0 Å². The first-order valence-corrected chi connectivity index (χ1v) is 9.35. The molecule has 124 valence electrons. The molecule has 2 aliphatic carbocycles. The molecule has 0 aromatic carbocycles. The average molecular weight is 296 g/mol. The first-order chi connectivity index (χ1) is 9.92. The van der Waals surface area contributed by atoms with Gasteiger partial charge >= 0.3 is 0 Å². The lowest BCUT2D eigenvalue weighted by Crippen LogP contribution is -2.52. The predicted octanol–water partition coefficient (Wildman–Crippen LogP) is 5.06. The third-order valence-corrected chi connectivity index (χ3v) is 5.37. The Bertz CT molecular complexity index is 293. The van der Waals surface area contributed by atoms with Gasteiger partial charge in [0.05, 0.1) is 11.7 Å². The molecule has 0 heterocycles. The highest BCUT2D eigenvalue weighted by Crippen LogP contribution is 2.39. The van der Waals surface area contributed by atoms with Gasteiger partial charge in [-0.25, -0.2) is 0 Å². The first-order valence-electron chi connectivity index (χ1n) is 9.35. The number of ether oxygens (including phenoxy) is 1. The minimum Gasteiger partial charge on any atom is -0.370 e. The second-order valence-corrected chi connectivity index (χ2v) is 8.54. The van der Waals surface area contributed by atoms with Crippen molar-refractivity contribution >= 4 is 0 Å². The van der Waals surface area contributed by atoms with E-state index in [4.69, 9.17) is 4.74 Å². The largest absolute Gasteiger partial charge is 0.370 e. The van der Waals surface area contributed by atoms with Crippen molar-refractivity contribution in [2.24, 2.45) is 5.92 Å². The van der Waals surface area contributed by atoms with Crippen molar-refractivity contribution in [3.63, 3.8) is 0 Å². The number of nitrogens with one attached hydrogen (secondary N) is 1. The van der Waals surface area contributed by atoms with E-state index in [1.165, 1.54) is 64.2 Å². The molecule has 0 radical (unpaired) electrons. The molecule has 2 fully saturated rings. The molecule has 0 aromatic rings. The summed E-state index contributed by atoms with van der Waals surface area (Å²) in [6.45, 7) is 10.1. The van der Waals surface area contributed by atoms with Gasteiger partial charge in [-0.1, -0.05) is 32.6 Å². The van der Waals surface area contributed by atoms with Crippen LogP contribution in [-0.4, -0.2) is 23.8 Å². The Labute approximate surface area is 132 Å². The molecule has 0 saturated heterocycles. The Morgan fingerprint density at radius 3 is 2.19 bits per heavy atom. The number of hydrogen-bond donors (Lipinski definition) is 1. The maximum atomic E-state index is 6.70. The van der Waals surface area contributed by atoms with Crippen LogP contribution in [0.3, 0.4) is 0 Å². The van der Waals surface area contributed by atoms with Crippen molar-refractivity contribution < 1.29 is 4.74 Å². The summed E-state index contributed by atoms with van der Waals surface area (Å²) in [5.41, 5.74) is 0.304. The molecule has 2 heteroatoms. The molecule has 0 aromatic heterocycles.